The summed E-state index contributed by atoms with van der Waals surface area (Å²) in [5, 5.41) is 49.3. The molecule has 0 spiro atoms. The molecule has 1 aliphatic heterocycles. The summed E-state index contributed by atoms with van der Waals surface area (Å²) in [4.78, 5) is 42.1. The van der Waals surface area contributed by atoms with Gasteiger partial charge in [0.15, 0.2) is 34.8 Å². The molecule has 118 heavy (non-hydrogen) atoms. The van der Waals surface area contributed by atoms with E-state index >= 15 is 0 Å². The minimum Gasteiger partial charge on any atom is -0.497 e. The van der Waals surface area contributed by atoms with Crippen LogP contribution >= 0.6 is 11.3 Å². The number of aromatic nitrogens is 20. The van der Waals surface area contributed by atoms with Crippen molar-refractivity contribution in [1.82, 2.24) is 98.7 Å². The number of hydrogen-bond donors (Lipinski definition) is 12. The van der Waals surface area contributed by atoms with Crippen molar-refractivity contribution >= 4 is 119 Å². The number of nitrogen functional groups attached to an aromatic ring is 5. The Morgan fingerprint density at radius 1 is 0.407 bits per heavy atom. The second-order valence-electron chi connectivity index (χ2n) is 24.0. The Balaban J connectivity index is 0.000000128. The summed E-state index contributed by atoms with van der Waals surface area (Å²) < 4.78 is 79.0. The molecular weight excluding hydrogens is 1580 g/mol. The summed E-state index contributed by atoms with van der Waals surface area (Å²) in [7, 11) is -4.33. The van der Waals surface area contributed by atoms with Crippen LogP contribution in [0.4, 0.5) is 87.9 Å². The topological polar surface area (TPSA) is 575 Å². The van der Waals surface area contributed by atoms with Crippen LogP contribution in [0.2, 0.25) is 0 Å². The molecule has 1 aliphatic rings. The zero-order valence-electron chi connectivity index (χ0n) is 62.4. The SMILES string of the molecule is CCOc1ccc(Nc2nc(N)n(-c3ccccn3)n2)cc1.COc1ccc(Nc2nc(N)n(-c3ccccn3)n2)c(OC)c1.Nc1nc(Nc2ccc(S(N)(=O)=O)cc2)nn1-c1ccccn1.Nc1nc(Nc2ccc3c(c2)OCO3)nn1-c1nc(-c2ccccc2)cs1.Nc1nc(Nc2cccc(S(N)(=O)=O)c2)nn1-c1ccccn1. The summed E-state index contributed by atoms with van der Waals surface area (Å²) in [5.41, 5.74) is 34.8. The van der Waals surface area contributed by atoms with Crippen molar-refractivity contribution in [3.63, 3.8) is 0 Å². The largest absolute Gasteiger partial charge is 0.497 e. The van der Waals surface area contributed by atoms with Gasteiger partial charge in [0.25, 0.3) is 0 Å². The fourth-order valence-electron chi connectivity index (χ4n) is 10.5. The Bertz CT molecular complexity index is 6270. The van der Waals surface area contributed by atoms with Crippen LogP contribution in [0.15, 0.2) is 252 Å². The van der Waals surface area contributed by atoms with Crippen LogP contribution < -0.4 is 89.2 Å². The van der Waals surface area contributed by atoms with E-state index < -0.39 is 20.0 Å². The molecule has 0 saturated heterocycles. The predicted octanol–water partition coefficient (Wildman–Crippen LogP) is 9.11. The van der Waals surface area contributed by atoms with Crippen molar-refractivity contribution in [3.05, 3.63) is 242 Å². The first kappa shape index (κ1) is 80.1. The summed E-state index contributed by atoms with van der Waals surface area (Å²) in [6.45, 7) is 2.81. The average Bonchev–Trinajstić information content (AvgIpc) is 1.67. The van der Waals surface area contributed by atoms with E-state index in [1.807, 2.05) is 134 Å². The highest BCUT2D eigenvalue weighted by Gasteiger charge is 2.20. The summed E-state index contributed by atoms with van der Waals surface area (Å²) in [5.74, 6) is 8.46. The highest BCUT2D eigenvalue weighted by atomic mass is 32.2. The van der Waals surface area contributed by atoms with Gasteiger partial charge in [0.2, 0.25) is 91.5 Å². The quantitative estimate of drug-likeness (QED) is 0.0301. The van der Waals surface area contributed by atoms with Crippen molar-refractivity contribution in [3.8, 4) is 68.4 Å². The van der Waals surface area contributed by atoms with Gasteiger partial charge in [-0.05, 0) is 146 Å². The Morgan fingerprint density at radius 2 is 0.831 bits per heavy atom. The van der Waals surface area contributed by atoms with E-state index in [1.165, 1.54) is 59.0 Å². The maximum atomic E-state index is 11.4. The fraction of sp³-hybridized carbons (Fsp3) is 0.0676. The lowest BCUT2D eigenvalue weighted by atomic mass is 10.2. The molecule has 0 unspecified atom stereocenters. The molecule has 17 rings (SSSR count). The maximum Gasteiger partial charge on any atom is 0.249 e. The van der Waals surface area contributed by atoms with E-state index in [1.54, 1.807) is 106 Å². The number of pyridine rings is 4. The average molecular weight is 1650 g/mol. The van der Waals surface area contributed by atoms with Gasteiger partial charge in [-0.2, -0.15) is 48.3 Å². The van der Waals surface area contributed by atoms with Gasteiger partial charge in [-0.1, -0.05) is 60.7 Å². The lowest BCUT2D eigenvalue weighted by molar-refractivity contribution is 0.174. The number of methoxy groups -OCH3 is 2. The molecule has 19 N–H and O–H groups in total. The van der Waals surface area contributed by atoms with Crippen molar-refractivity contribution in [2.24, 2.45) is 10.3 Å². The predicted molar refractivity (Wildman–Crippen MR) is 443 cm³/mol. The summed E-state index contributed by atoms with van der Waals surface area (Å²) in [6, 6.07) is 61.9. The lowest BCUT2D eigenvalue weighted by Crippen LogP contribution is -2.12. The van der Waals surface area contributed by atoms with E-state index in [9.17, 15) is 16.8 Å². The van der Waals surface area contributed by atoms with Gasteiger partial charge in [0.05, 0.1) is 42.0 Å². The van der Waals surface area contributed by atoms with Crippen LogP contribution in [0.5, 0.6) is 28.7 Å². The van der Waals surface area contributed by atoms with Crippen molar-refractivity contribution in [2.45, 2.75) is 16.7 Å². The van der Waals surface area contributed by atoms with Crippen LogP contribution in [-0.4, -0.2) is 143 Å². The lowest BCUT2D eigenvalue weighted by Gasteiger charge is -2.10. The third-order valence-corrected chi connectivity index (χ3v) is 18.6. The van der Waals surface area contributed by atoms with E-state index in [-0.39, 0.29) is 58.2 Å². The van der Waals surface area contributed by atoms with Gasteiger partial charge in [-0.3, -0.25) is 0 Å². The number of nitrogens with one attached hydrogen (secondary N) is 5. The van der Waals surface area contributed by atoms with E-state index in [0.717, 1.165) is 34.1 Å². The van der Waals surface area contributed by atoms with E-state index in [4.69, 9.17) is 62.6 Å². The van der Waals surface area contributed by atoms with Crippen LogP contribution in [0.3, 0.4) is 0 Å². The zero-order chi connectivity index (χ0) is 82.7. The van der Waals surface area contributed by atoms with E-state index in [0.29, 0.717) is 87.2 Å². The van der Waals surface area contributed by atoms with Crippen LogP contribution in [0.1, 0.15) is 6.92 Å². The van der Waals surface area contributed by atoms with Crippen molar-refractivity contribution < 1.29 is 40.5 Å². The molecule has 0 atom stereocenters. The minimum absolute atomic E-state index is 0.0142. The Kier molecular flexibility index (Phi) is 24.9. The fourth-order valence-corrected chi connectivity index (χ4v) is 12.4. The highest BCUT2D eigenvalue weighted by Crippen LogP contribution is 2.36. The normalized spacial score (nSPS) is 11.2. The molecule has 44 heteroatoms. The maximum absolute atomic E-state index is 11.4. The number of hydrogen-bond acceptors (Lipinski definition) is 35. The molecule has 0 aliphatic carbocycles. The smallest absolute Gasteiger partial charge is 0.249 e. The van der Waals surface area contributed by atoms with Gasteiger partial charge >= 0.3 is 0 Å². The van der Waals surface area contributed by atoms with Crippen molar-refractivity contribution in [2.75, 3.05) is 82.9 Å². The number of nitrogens with two attached hydrogens (primary N) is 7. The molecule has 0 amide bonds. The first-order valence-electron chi connectivity index (χ1n) is 34.8. The number of benzene rings is 6. The molecule has 0 radical (unpaired) electrons. The number of thiazole rings is 1. The first-order valence-corrected chi connectivity index (χ1v) is 38.8. The van der Waals surface area contributed by atoms with Gasteiger partial charge in [0.1, 0.15) is 17.2 Å². The Labute approximate surface area is 675 Å². The molecule has 600 valence electrons. The first-order chi connectivity index (χ1) is 57.1. The van der Waals surface area contributed by atoms with Crippen molar-refractivity contribution in [1.29, 1.82) is 0 Å². The molecule has 41 nitrogen and oxygen atoms in total. The number of primary sulfonamides is 2. The monoisotopic (exact) mass is 1650 g/mol. The summed E-state index contributed by atoms with van der Waals surface area (Å²) in [6.07, 6.45) is 6.57. The van der Waals surface area contributed by atoms with E-state index in [2.05, 4.69) is 102 Å². The zero-order valence-corrected chi connectivity index (χ0v) is 64.8. The van der Waals surface area contributed by atoms with Gasteiger partial charge in [0, 0.05) is 70.6 Å². The molecule has 16 aromatic rings. The van der Waals surface area contributed by atoms with Crippen LogP contribution in [0, 0.1) is 0 Å². The number of fused-ring (bicyclic) bond motifs is 1. The third kappa shape index (κ3) is 20.7. The van der Waals surface area contributed by atoms with Gasteiger partial charge in [-0.25, -0.2) is 52.0 Å². The second-order valence-corrected chi connectivity index (χ2v) is 28.0. The molecule has 0 bridgehead atoms. The minimum atomic E-state index is -3.78. The number of sulfonamides is 2. The Morgan fingerprint density at radius 3 is 1.29 bits per heavy atom. The highest BCUT2D eigenvalue weighted by molar-refractivity contribution is 7.89. The van der Waals surface area contributed by atoms with Gasteiger partial charge < -0.3 is 78.9 Å². The number of anilines is 15. The standard InChI is InChI=1S/C18H14N6O2S.C15H16N6O2.C15H16N6O.2C13H13N7O2S/c19-16-22-17(20-12-6-7-14-15(8-12)26-10-25-14)23-24(16)18-21-13(9-27-18)11-4-2-1-3-5-11;1-22-10-6-7-11(12(9-10)23-2)18-15-19-14(16)21(20-15)13-5-3-4-8-17-13;1-2-22-12-8-6-11(7-9-12)18-15-19-14(16)21(20-15)13-5-3-4-10-17-13;14-12-18-13(19-20(12)11-6-1-2-7-16-11)17-9-4-3-5-10(8-9)23(15,21)22;14-12-18-13(19-20(12)11-3-1-2-8-16-11)17-9-4-6-10(7-5-9)23(15,21)22/h1-9H,10H2,(H3,19,20,22,23);3-9H,1-2H3,(H3,16,18,19,20);3-10H,2H2,1H3,(H3,16,18,19,20);2*1-8H,(H2,15,21,22)(H3,14,17,18,19). The number of rotatable bonds is 22. The third-order valence-electron chi connectivity index (χ3n) is 15.9. The Hall–Kier alpha value is -15.9. The molecule has 0 saturated carbocycles. The van der Waals surface area contributed by atoms with Gasteiger partial charge in [-0.15, -0.1) is 36.8 Å². The molecule has 10 aromatic heterocycles. The molecule has 6 aromatic carbocycles. The summed E-state index contributed by atoms with van der Waals surface area (Å²) >= 11 is 1.45. The molecule has 0 fully saturated rings. The second kappa shape index (κ2) is 36.7. The van der Waals surface area contributed by atoms with Crippen LogP contribution in [0.25, 0.3) is 39.7 Å². The molecule has 11 heterocycles. The molecular formula is C74H72N32O9S3. The van der Waals surface area contributed by atoms with Crippen LogP contribution in [-0.2, 0) is 20.0 Å². The number of ether oxygens (including phenoxy) is 5. The number of nitrogens with zero attached hydrogens (tertiary/aromatic N) is 20.